The van der Waals surface area contributed by atoms with Crippen LogP contribution in [0.15, 0.2) is 0 Å². The molecule has 2 rings (SSSR count). The third-order valence-electron chi connectivity index (χ3n) is 4.08. The Hall–Kier alpha value is -0.450. The molecule has 2 aliphatic rings. The molecule has 2 saturated heterocycles. The minimum Gasteiger partial charge on any atom is -0.381 e. The summed E-state index contributed by atoms with van der Waals surface area (Å²) in [6, 6.07) is 0.0330. The number of rotatable bonds is 4. The minimum absolute atomic E-state index is 0.0330. The van der Waals surface area contributed by atoms with Gasteiger partial charge in [-0.3, -0.25) is 4.90 Å². The zero-order chi connectivity index (χ0) is 12.1. The molecule has 0 aromatic rings. The van der Waals surface area contributed by atoms with Gasteiger partial charge in [0.25, 0.3) is 0 Å². The van der Waals surface area contributed by atoms with Gasteiger partial charge in [0, 0.05) is 26.3 Å². The minimum atomic E-state index is 0.0330. The van der Waals surface area contributed by atoms with Crippen LogP contribution in [0.4, 0.5) is 0 Å². The van der Waals surface area contributed by atoms with Gasteiger partial charge in [0.15, 0.2) is 0 Å². The highest BCUT2D eigenvalue weighted by Crippen LogP contribution is 2.26. The molecule has 0 radical (unpaired) electrons. The van der Waals surface area contributed by atoms with E-state index in [2.05, 4.69) is 11.8 Å². The number of carbonyl (C=O) groups excluding carboxylic acids is 1. The first-order valence-electron chi connectivity index (χ1n) is 6.67. The van der Waals surface area contributed by atoms with Crippen LogP contribution in [-0.4, -0.2) is 56.7 Å². The summed E-state index contributed by atoms with van der Waals surface area (Å²) in [5, 5.41) is 0. The van der Waals surface area contributed by atoms with Gasteiger partial charge < -0.3 is 14.3 Å². The molecule has 2 aliphatic heterocycles. The lowest BCUT2D eigenvalue weighted by Crippen LogP contribution is -2.49. The number of aldehydes is 1. The fourth-order valence-corrected chi connectivity index (χ4v) is 2.88. The SMILES string of the molecule is CC(C1CCCOC1)C(C=O)N1CCOCC1. The molecule has 0 spiro atoms. The number of ether oxygens (including phenoxy) is 2. The number of morpholine rings is 1. The van der Waals surface area contributed by atoms with E-state index >= 15 is 0 Å². The molecular formula is C13H23NO3. The van der Waals surface area contributed by atoms with Crippen LogP contribution in [0.5, 0.6) is 0 Å². The van der Waals surface area contributed by atoms with E-state index in [0.29, 0.717) is 11.8 Å². The topological polar surface area (TPSA) is 38.8 Å². The summed E-state index contributed by atoms with van der Waals surface area (Å²) in [6.07, 6.45) is 3.43. The molecule has 0 saturated carbocycles. The summed E-state index contributed by atoms with van der Waals surface area (Å²) < 4.78 is 10.9. The lowest BCUT2D eigenvalue weighted by atomic mass is 9.83. The Labute approximate surface area is 103 Å². The second-order valence-corrected chi connectivity index (χ2v) is 5.11. The summed E-state index contributed by atoms with van der Waals surface area (Å²) >= 11 is 0. The molecular weight excluding hydrogens is 218 g/mol. The average Bonchev–Trinajstić information content (AvgIpc) is 2.42. The molecule has 0 aromatic carbocycles. The van der Waals surface area contributed by atoms with Crippen LogP contribution in [0.1, 0.15) is 19.8 Å². The molecule has 4 nitrogen and oxygen atoms in total. The monoisotopic (exact) mass is 241 g/mol. The first kappa shape index (κ1) is 13.0. The predicted molar refractivity (Wildman–Crippen MR) is 65.0 cm³/mol. The summed E-state index contributed by atoms with van der Waals surface area (Å²) in [5.74, 6) is 0.910. The first-order valence-corrected chi connectivity index (χ1v) is 6.67. The average molecular weight is 241 g/mol. The third-order valence-corrected chi connectivity index (χ3v) is 4.08. The Kier molecular flexibility index (Phi) is 4.95. The highest BCUT2D eigenvalue weighted by atomic mass is 16.5. The van der Waals surface area contributed by atoms with Gasteiger partial charge in [-0.2, -0.15) is 0 Å². The Balaban J connectivity index is 1.93. The first-order chi connectivity index (χ1) is 8.33. The van der Waals surface area contributed by atoms with E-state index in [9.17, 15) is 4.79 Å². The molecule has 0 amide bonds. The zero-order valence-electron chi connectivity index (χ0n) is 10.6. The number of carbonyl (C=O) groups is 1. The van der Waals surface area contributed by atoms with Crippen LogP contribution in [0, 0.1) is 11.8 Å². The van der Waals surface area contributed by atoms with Crippen molar-refractivity contribution in [3.8, 4) is 0 Å². The van der Waals surface area contributed by atoms with Crippen molar-refractivity contribution in [1.82, 2.24) is 4.90 Å². The van der Waals surface area contributed by atoms with Gasteiger partial charge in [-0.15, -0.1) is 0 Å². The Morgan fingerprint density at radius 2 is 2.00 bits per heavy atom. The van der Waals surface area contributed by atoms with Gasteiger partial charge in [0.05, 0.1) is 19.3 Å². The summed E-state index contributed by atoms with van der Waals surface area (Å²) in [4.78, 5) is 13.6. The van der Waals surface area contributed by atoms with Crippen molar-refractivity contribution in [3.63, 3.8) is 0 Å². The van der Waals surface area contributed by atoms with Crippen LogP contribution in [0.3, 0.4) is 0 Å². The Morgan fingerprint density at radius 1 is 1.24 bits per heavy atom. The van der Waals surface area contributed by atoms with Gasteiger partial charge in [0.2, 0.25) is 0 Å². The van der Waals surface area contributed by atoms with Crippen LogP contribution in [-0.2, 0) is 14.3 Å². The van der Waals surface area contributed by atoms with Gasteiger partial charge in [-0.1, -0.05) is 6.92 Å². The Bertz CT molecular complexity index is 235. The molecule has 2 heterocycles. The second-order valence-electron chi connectivity index (χ2n) is 5.11. The van der Waals surface area contributed by atoms with Crippen molar-refractivity contribution in [3.05, 3.63) is 0 Å². The molecule has 3 unspecified atom stereocenters. The maximum Gasteiger partial charge on any atom is 0.137 e. The van der Waals surface area contributed by atoms with Crippen molar-refractivity contribution < 1.29 is 14.3 Å². The van der Waals surface area contributed by atoms with Gasteiger partial charge in [-0.05, 0) is 24.7 Å². The van der Waals surface area contributed by atoms with Crippen molar-refractivity contribution in [2.24, 2.45) is 11.8 Å². The predicted octanol–water partition coefficient (Wildman–Crippen LogP) is 0.949. The van der Waals surface area contributed by atoms with E-state index in [0.717, 1.165) is 52.2 Å². The molecule has 0 N–H and O–H groups in total. The van der Waals surface area contributed by atoms with Crippen molar-refractivity contribution >= 4 is 6.29 Å². The normalized spacial score (nSPS) is 30.8. The smallest absolute Gasteiger partial charge is 0.137 e. The van der Waals surface area contributed by atoms with Crippen LogP contribution < -0.4 is 0 Å². The summed E-state index contributed by atoms with van der Waals surface area (Å²) in [6.45, 7) is 7.13. The van der Waals surface area contributed by atoms with Crippen LogP contribution in [0.2, 0.25) is 0 Å². The largest absolute Gasteiger partial charge is 0.381 e. The van der Waals surface area contributed by atoms with Gasteiger partial charge in [-0.25, -0.2) is 0 Å². The fraction of sp³-hybridized carbons (Fsp3) is 0.923. The molecule has 98 valence electrons. The summed E-state index contributed by atoms with van der Waals surface area (Å²) in [7, 11) is 0. The van der Waals surface area contributed by atoms with E-state index < -0.39 is 0 Å². The van der Waals surface area contributed by atoms with Gasteiger partial charge >= 0.3 is 0 Å². The van der Waals surface area contributed by atoms with Crippen molar-refractivity contribution in [2.45, 2.75) is 25.8 Å². The lowest BCUT2D eigenvalue weighted by molar-refractivity contribution is -0.118. The quantitative estimate of drug-likeness (QED) is 0.687. The van der Waals surface area contributed by atoms with Crippen molar-refractivity contribution in [1.29, 1.82) is 0 Å². The standard InChI is InChI=1S/C13H23NO3/c1-11(12-3-2-6-17-10-12)13(9-15)14-4-7-16-8-5-14/h9,11-13H,2-8,10H2,1H3. The van der Waals surface area contributed by atoms with E-state index in [1.54, 1.807) is 0 Å². The highest BCUT2D eigenvalue weighted by molar-refractivity contribution is 5.58. The molecule has 2 fully saturated rings. The molecule has 17 heavy (non-hydrogen) atoms. The second kappa shape index (κ2) is 6.47. The molecule has 3 atom stereocenters. The van der Waals surface area contributed by atoms with E-state index in [1.165, 1.54) is 6.42 Å². The summed E-state index contributed by atoms with van der Waals surface area (Å²) in [5.41, 5.74) is 0. The number of hydrogen-bond donors (Lipinski definition) is 0. The third kappa shape index (κ3) is 3.27. The van der Waals surface area contributed by atoms with Crippen molar-refractivity contribution in [2.75, 3.05) is 39.5 Å². The van der Waals surface area contributed by atoms with E-state index in [4.69, 9.17) is 9.47 Å². The van der Waals surface area contributed by atoms with E-state index in [1.807, 2.05) is 0 Å². The number of nitrogens with zero attached hydrogens (tertiary/aromatic N) is 1. The van der Waals surface area contributed by atoms with Crippen LogP contribution in [0.25, 0.3) is 0 Å². The maximum absolute atomic E-state index is 11.4. The Morgan fingerprint density at radius 3 is 2.59 bits per heavy atom. The molecule has 0 aliphatic carbocycles. The van der Waals surface area contributed by atoms with Gasteiger partial charge in [0.1, 0.15) is 6.29 Å². The highest BCUT2D eigenvalue weighted by Gasteiger charge is 2.31. The lowest BCUT2D eigenvalue weighted by Gasteiger charge is -2.38. The van der Waals surface area contributed by atoms with Crippen LogP contribution >= 0.6 is 0 Å². The number of hydrogen-bond acceptors (Lipinski definition) is 4. The maximum atomic E-state index is 11.4. The van der Waals surface area contributed by atoms with E-state index in [-0.39, 0.29) is 6.04 Å². The molecule has 0 bridgehead atoms. The molecule has 4 heteroatoms. The zero-order valence-corrected chi connectivity index (χ0v) is 10.6. The fourth-order valence-electron chi connectivity index (χ4n) is 2.88. The molecule has 0 aromatic heterocycles.